The van der Waals surface area contributed by atoms with E-state index in [9.17, 15) is 24.4 Å². The fraction of sp³-hybridized carbons (Fsp3) is 0.262. The third-order valence-corrected chi connectivity index (χ3v) is 10.3. The summed E-state index contributed by atoms with van der Waals surface area (Å²) in [6, 6.07) is 25.0. The average molecular weight is 763 g/mol. The summed E-state index contributed by atoms with van der Waals surface area (Å²) < 4.78 is 8.62. The quantitative estimate of drug-likeness (QED) is 0.201. The molecule has 8 rings (SSSR count). The number of carbonyl (C=O) groups excluding carboxylic acids is 2. The molecule has 3 aromatic carbocycles. The van der Waals surface area contributed by atoms with Gasteiger partial charge in [-0.15, -0.1) is 0 Å². The van der Waals surface area contributed by atoms with Gasteiger partial charge in [-0.05, 0) is 61.4 Å². The molecule has 0 saturated carbocycles. The van der Waals surface area contributed by atoms with Crippen LogP contribution in [0.25, 0.3) is 33.4 Å². The van der Waals surface area contributed by atoms with Crippen molar-refractivity contribution >= 4 is 28.3 Å². The molecular weight excluding hydrogens is 725 g/mol. The predicted molar refractivity (Wildman–Crippen MR) is 212 cm³/mol. The molecule has 1 atom stereocenters. The maximum absolute atomic E-state index is 13.3. The van der Waals surface area contributed by atoms with Crippen molar-refractivity contribution in [2.45, 2.75) is 32.4 Å². The summed E-state index contributed by atoms with van der Waals surface area (Å²) in [7, 11) is 0. The number of carbonyl (C=O) groups is 2. The molecule has 5 heterocycles. The van der Waals surface area contributed by atoms with E-state index < -0.39 is 11.9 Å². The highest BCUT2D eigenvalue weighted by atomic mass is 16.5. The van der Waals surface area contributed by atoms with E-state index in [-0.39, 0.29) is 36.4 Å². The van der Waals surface area contributed by atoms with Crippen molar-refractivity contribution in [3.8, 4) is 34.5 Å². The number of hydrogen-bond acceptors (Lipinski definition) is 12. The van der Waals surface area contributed by atoms with Gasteiger partial charge in [-0.25, -0.2) is 19.3 Å². The number of hydrogen-bond donors (Lipinski definition) is 1. The van der Waals surface area contributed by atoms with Crippen molar-refractivity contribution in [3.05, 3.63) is 129 Å². The highest BCUT2D eigenvalue weighted by Crippen LogP contribution is 2.25. The lowest BCUT2D eigenvalue weighted by molar-refractivity contribution is -0.136. The van der Waals surface area contributed by atoms with Crippen LogP contribution in [-0.2, 0) is 16.1 Å². The average Bonchev–Trinajstić information content (AvgIpc) is 3.23. The van der Waals surface area contributed by atoms with E-state index >= 15 is 0 Å². The van der Waals surface area contributed by atoms with Crippen molar-refractivity contribution in [1.29, 1.82) is 5.26 Å². The molecule has 3 aromatic heterocycles. The Morgan fingerprint density at radius 3 is 2.44 bits per heavy atom. The zero-order chi connectivity index (χ0) is 39.5. The van der Waals surface area contributed by atoms with Gasteiger partial charge in [-0.2, -0.15) is 15.5 Å². The van der Waals surface area contributed by atoms with Crippen LogP contribution in [0.3, 0.4) is 0 Å². The number of nitrogens with zero attached hydrogens (tertiary/aromatic N) is 9. The van der Waals surface area contributed by atoms with E-state index in [4.69, 9.17) is 4.74 Å². The Morgan fingerprint density at radius 2 is 1.65 bits per heavy atom. The first-order valence-corrected chi connectivity index (χ1v) is 18.7. The number of benzene rings is 3. The second kappa shape index (κ2) is 16.0. The maximum atomic E-state index is 13.3. The monoisotopic (exact) mass is 762 g/mol. The van der Waals surface area contributed by atoms with Gasteiger partial charge in [0.05, 0.1) is 47.3 Å². The van der Waals surface area contributed by atoms with Crippen LogP contribution in [0.2, 0.25) is 0 Å². The van der Waals surface area contributed by atoms with Gasteiger partial charge in [-0.1, -0.05) is 30.3 Å². The second-order valence-corrected chi connectivity index (χ2v) is 14.1. The van der Waals surface area contributed by atoms with Gasteiger partial charge in [0.15, 0.2) is 11.6 Å². The minimum absolute atomic E-state index is 0.170. The van der Waals surface area contributed by atoms with Crippen molar-refractivity contribution in [3.63, 3.8) is 0 Å². The highest BCUT2D eigenvalue weighted by Gasteiger charge is 2.30. The highest BCUT2D eigenvalue weighted by molar-refractivity contribution is 5.99. The molecule has 1 N–H and O–H groups in total. The maximum Gasteiger partial charge on any atom is 0.275 e. The Morgan fingerprint density at radius 1 is 0.860 bits per heavy atom. The molecule has 1 unspecified atom stereocenters. The third-order valence-electron chi connectivity index (χ3n) is 10.3. The number of piperazine rings is 1. The Bertz CT molecular complexity index is 2660. The van der Waals surface area contributed by atoms with Crippen LogP contribution in [0, 0.1) is 18.3 Å². The SMILES string of the molecule is Cc1nn(C2CCC(=O)NC2=O)c(=O)c2ccc(N3CCN(CCOc4cnc(-c5cccc(Cn6nc(-c7cccc(C#N)c7)ccc6=O)c5)nc4)CC3)cc12. The molecule has 6 aromatic rings. The molecule has 0 radical (unpaired) electrons. The molecule has 15 nitrogen and oxygen atoms in total. The molecule has 0 aliphatic carbocycles. The summed E-state index contributed by atoms with van der Waals surface area (Å²) >= 11 is 0. The van der Waals surface area contributed by atoms with Gasteiger partial charge in [0.2, 0.25) is 5.91 Å². The molecular formula is C42H38N10O5. The summed E-state index contributed by atoms with van der Waals surface area (Å²) in [5.74, 6) is 0.261. The van der Waals surface area contributed by atoms with E-state index in [2.05, 4.69) is 41.4 Å². The number of nitriles is 1. The Labute approximate surface area is 326 Å². The summed E-state index contributed by atoms with van der Waals surface area (Å²) in [6.45, 7) is 6.56. The van der Waals surface area contributed by atoms with E-state index in [0.29, 0.717) is 40.5 Å². The van der Waals surface area contributed by atoms with Gasteiger partial charge in [0.1, 0.15) is 12.6 Å². The molecule has 2 saturated heterocycles. The Kier molecular flexibility index (Phi) is 10.3. The summed E-state index contributed by atoms with van der Waals surface area (Å²) in [6.07, 6.45) is 3.74. The van der Waals surface area contributed by atoms with Gasteiger partial charge >= 0.3 is 0 Å². The second-order valence-electron chi connectivity index (χ2n) is 14.1. The topological polar surface area (TPSA) is 181 Å². The van der Waals surface area contributed by atoms with Crippen molar-refractivity contribution in [2.75, 3.05) is 44.2 Å². The van der Waals surface area contributed by atoms with E-state index in [1.165, 1.54) is 15.4 Å². The first kappa shape index (κ1) is 36.9. The molecule has 286 valence electrons. The molecule has 0 bridgehead atoms. The lowest BCUT2D eigenvalue weighted by atomic mass is 10.1. The molecule has 2 amide bonds. The number of aromatic nitrogens is 6. The number of ether oxygens (including phenoxy) is 1. The molecule has 0 spiro atoms. The number of fused-ring (bicyclic) bond motifs is 1. The van der Waals surface area contributed by atoms with Crippen LogP contribution in [-0.4, -0.2) is 85.6 Å². The molecule has 57 heavy (non-hydrogen) atoms. The molecule has 15 heteroatoms. The first-order valence-electron chi connectivity index (χ1n) is 18.7. The number of amides is 2. The lowest BCUT2D eigenvalue weighted by Gasteiger charge is -2.36. The van der Waals surface area contributed by atoms with Crippen molar-refractivity contribution in [1.82, 2.24) is 39.7 Å². The minimum Gasteiger partial charge on any atom is -0.489 e. The van der Waals surface area contributed by atoms with Gasteiger partial charge in [-0.3, -0.25) is 29.4 Å². The number of piperidine rings is 1. The van der Waals surface area contributed by atoms with Crippen LogP contribution < -0.4 is 26.1 Å². The van der Waals surface area contributed by atoms with Gasteiger partial charge in [0.25, 0.3) is 17.0 Å². The molecule has 2 aliphatic rings. The van der Waals surface area contributed by atoms with Crippen molar-refractivity contribution < 1.29 is 14.3 Å². The zero-order valence-electron chi connectivity index (χ0n) is 31.2. The number of nitrogens with one attached hydrogen (secondary N) is 1. The van der Waals surface area contributed by atoms with Crippen molar-refractivity contribution in [2.24, 2.45) is 0 Å². The molecule has 2 aliphatic heterocycles. The first-order chi connectivity index (χ1) is 27.7. The number of imide groups is 1. The van der Waals surface area contributed by atoms with Crippen LogP contribution in [0.1, 0.15) is 35.7 Å². The third kappa shape index (κ3) is 8.03. The minimum atomic E-state index is -0.804. The fourth-order valence-corrected chi connectivity index (χ4v) is 7.23. The van der Waals surface area contributed by atoms with Crippen LogP contribution >= 0.6 is 0 Å². The number of aryl methyl sites for hydroxylation is 1. The standard InChI is InChI=1S/C42H38N10O5/c1-27-35-22-32(8-9-34(35)42(56)52(47-27)37-11-12-38(53)46-41(37)55)50-16-14-49(15-17-50)18-19-57-33-24-44-40(45-25-33)31-7-3-5-29(21-31)26-51-39(54)13-10-36(48-51)30-6-2-4-28(20-30)23-43/h2-10,13,20-22,24-25,37H,11-12,14-19,26H2,1H3,(H,46,53,55). The Hall–Kier alpha value is -7.05. The summed E-state index contributed by atoms with van der Waals surface area (Å²) in [5, 5.41) is 21.8. The fourth-order valence-electron chi connectivity index (χ4n) is 7.23. The largest absolute Gasteiger partial charge is 0.489 e. The zero-order valence-corrected chi connectivity index (χ0v) is 31.2. The summed E-state index contributed by atoms with van der Waals surface area (Å²) in [4.78, 5) is 63.8. The normalized spacial score (nSPS) is 16.0. The summed E-state index contributed by atoms with van der Waals surface area (Å²) in [5.41, 5.74) is 4.60. The molecule has 2 fully saturated rings. The predicted octanol–water partition coefficient (Wildman–Crippen LogP) is 3.48. The van der Waals surface area contributed by atoms with E-state index in [0.717, 1.165) is 60.5 Å². The number of rotatable bonds is 10. The van der Waals surface area contributed by atoms with Crippen LogP contribution in [0.5, 0.6) is 5.75 Å². The van der Waals surface area contributed by atoms with Crippen LogP contribution in [0.4, 0.5) is 5.69 Å². The number of anilines is 1. The smallest absolute Gasteiger partial charge is 0.275 e. The van der Waals surface area contributed by atoms with E-state index in [1.807, 2.05) is 49.4 Å². The van der Waals surface area contributed by atoms with Gasteiger partial charge < -0.3 is 9.64 Å². The Balaban J connectivity index is 0.839. The van der Waals surface area contributed by atoms with Gasteiger partial charge in [0, 0.05) is 67.4 Å². The van der Waals surface area contributed by atoms with E-state index in [1.54, 1.807) is 42.7 Å². The van der Waals surface area contributed by atoms with Crippen LogP contribution in [0.15, 0.2) is 101 Å². The lowest BCUT2D eigenvalue weighted by Crippen LogP contribution is -2.47.